The van der Waals surface area contributed by atoms with Crippen molar-refractivity contribution in [2.45, 2.75) is 57.2 Å². The van der Waals surface area contributed by atoms with Gasteiger partial charge in [0.25, 0.3) is 0 Å². The zero-order valence-corrected chi connectivity index (χ0v) is 26.5. The Labute approximate surface area is 272 Å². The Bertz CT molecular complexity index is 1420. The first kappa shape index (κ1) is 32.7. The van der Waals surface area contributed by atoms with Gasteiger partial charge in [0.1, 0.15) is 6.10 Å². The molecule has 0 bridgehead atoms. The molecule has 46 heavy (non-hydrogen) atoms. The van der Waals surface area contributed by atoms with E-state index in [9.17, 15) is 13.2 Å². The molecule has 2 aliphatic rings. The van der Waals surface area contributed by atoms with Crippen LogP contribution in [0.3, 0.4) is 0 Å². The fourth-order valence-corrected chi connectivity index (χ4v) is 7.17. The lowest BCUT2D eigenvalue weighted by molar-refractivity contribution is -0.185. The summed E-state index contributed by atoms with van der Waals surface area (Å²) in [6.07, 6.45) is -3.30. The second kappa shape index (κ2) is 15.5. The van der Waals surface area contributed by atoms with Crippen LogP contribution in [0.15, 0.2) is 96.4 Å². The van der Waals surface area contributed by atoms with Crippen LogP contribution >= 0.6 is 11.3 Å². The van der Waals surface area contributed by atoms with Gasteiger partial charge in [-0.1, -0.05) is 91.0 Å². The maximum absolute atomic E-state index is 13.2. The molecule has 3 aromatic carbocycles. The first-order valence-electron chi connectivity index (χ1n) is 15.9. The molecule has 0 aliphatic carbocycles. The van der Waals surface area contributed by atoms with Crippen LogP contribution in [0.5, 0.6) is 0 Å². The maximum atomic E-state index is 13.2. The molecule has 4 atom stereocenters. The highest BCUT2D eigenvalue weighted by Crippen LogP contribution is 2.35. The minimum Gasteiger partial charge on any atom is -0.369 e. The molecule has 0 N–H and O–H groups in total. The summed E-state index contributed by atoms with van der Waals surface area (Å²) in [7, 11) is 0. The van der Waals surface area contributed by atoms with Gasteiger partial charge in [0.2, 0.25) is 0 Å². The van der Waals surface area contributed by atoms with Gasteiger partial charge in [-0.25, -0.2) is 4.98 Å². The molecule has 0 radical (unpaired) electrons. The number of ether oxygens (including phenoxy) is 3. The van der Waals surface area contributed by atoms with Crippen molar-refractivity contribution in [2.24, 2.45) is 5.92 Å². The van der Waals surface area contributed by atoms with E-state index in [0.29, 0.717) is 51.1 Å². The molecule has 1 aromatic heterocycles. The van der Waals surface area contributed by atoms with Crippen molar-refractivity contribution < 1.29 is 27.4 Å². The second-order valence-electron chi connectivity index (χ2n) is 12.1. The third-order valence-corrected chi connectivity index (χ3v) is 9.50. The number of aromatic nitrogens is 1. The zero-order chi connectivity index (χ0) is 31.8. The number of piperidine rings is 2. The van der Waals surface area contributed by atoms with Crippen molar-refractivity contribution in [3.8, 4) is 0 Å². The molecule has 6 nitrogen and oxygen atoms in total. The highest BCUT2D eigenvalue weighted by Gasteiger charge is 2.41. The van der Waals surface area contributed by atoms with Crippen LogP contribution in [0.2, 0.25) is 0 Å². The Hall–Kier alpha value is -3.28. The Morgan fingerprint density at radius 1 is 0.717 bits per heavy atom. The van der Waals surface area contributed by atoms with Crippen LogP contribution in [0.25, 0.3) is 0 Å². The lowest BCUT2D eigenvalue weighted by Gasteiger charge is -2.45. The van der Waals surface area contributed by atoms with Crippen molar-refractivity contribution in [2.75, 3.05) is 37.6 Å². The van der Waals surface area contributed by atoms with E-state index < -0.39 is 11.9 Å². The highest BCUT2D eigenvalue weighted by molar-refractivity contribution is 7.13. The smallest absolute Gasteiger partial charge is 0.369 e. The molecule has 0 saturated carbocycles. The van der Waals surface area contributed by atoms with Gasteiger partial charge < -0.3 is 19.1 Å². The van der Waals surface area contributed by atoms with Gasteiger partial charge in [-0.05, 0) is 35.4 Å². The number of halogens is 3. The molecule has 1 unspecified atom stereocenters. The molecule has 244 valence electrons. The summed E-state index contributed by atoms with van der Waals surface area (Å²) in [6.45, 7) is 4.87. The number of anilines is 1. The van der Waals surface area contributed by atoms with Crippen LogP contribution < -0.4 is 4.90 Å². The Kier molecular flexibility index (Phi) is 11.0. The summed E-state index contributed by atoms with van der Waals surface area (Å²) in [5.74, 6) is 0.276. The van der Waals surface area contributed by atoms with Crippen molar-refractivity contribution in [1.82, 2.24) is 9.88 Å². The molecule has 4 aromatic rings. The van der Waals surface area contributed by atoms with Crippen LogP contribution in [0.1, 0.15) is 35.2 Å². The third-order valence-electron chi connectivity index (χ3n) is 8.60. The zero-order valence-electron chi connectivity index (χ0n) is 25.7. The van der Waals surface area contributed by atoms with E-state index in [0.717, 1.165) is 52.8 Å². The van der Waals surface area contributed by atoms with E-state index in [1.165, 1.54) is 0 Å². The minimum atomic E-state index is -4.43. The monoisotopic (exact) mass is 651 g/mol. The van der Waals surface area contributed by atoms with Gasteiger partial charge in [-0.2, -0.15) is 13.2 Å². The van der Waals surface area contributed by atoms with Crippen LogP contribution in [-0.2, 0) is 40.2 Å². The van der Waals surface area contributed by atoms with Crippen LogP contribution in [0.4, 0.5) is 18.3 Å². The standard InChI is InChI=1S/C36H40F3N3O3S/c37-36(38,39)33-26-46-35(40-33)42-18-10-17-30(20-42)19-41-21-31(43-23-27-11-4-1-5-12-27)34(45-25-29-15-8-3-9-16-29)32(22-41)44-24-28-13-6-2-7-14-28/h1-9,11-16,26,30-32,34H,10,17-25H2/t30-,31-,32+,34?/m0/s1. The van der Waals surface area contributed by atoms with E-state index in [1.807, 2.05) is 59.5 Å². The molecular weight excluding hydrogens is 611 g/mol. The fourth-order valence-electron chi connectivity index (χ4n) is 6.30. The Morgan fingerprint density at radius 3 is 1.74 bits per heavy atom. The number of rotatable bonds is 12. The number of benzene rings is 3. The third kappa shape index (κ3) is 8.95. The Balaban J connectivity index is 1.18. The van der Waals surface area contributed by atoms with Gasteiger partial charge in [0.15, 0.2) is 10.8 Å². The van der Waals surface area contributed by atoms with E-state index >= 15 is 0 Å². The summed E-state index contributed by atoms with van der Waals surface area (Å²) in [4.78, 5) is 8.33. The molecule has 2 saturated heterocycles. The topological polar surface area (TPSA) is 47.1 Å². The lowest BCUT2D eigenvalue weighted by Crippen LogP contribution is -2.59. The number of thiazole rings is 1. The average Bonchev–Trinajstić information content (AvgIpc) is 3.59. The van der Waals surface area contributed by atoms with Gasteiger partial charge in [0.05, 0.1) is 32.0 Å². The molecule has 10 heteroatoms. The summed E-state index contributed by atoms with van der Waals surface area (Å²) >= 11 is 1.07. The predicted octanol–water partition coefficient (Wildman–Crippen LogP) is 7.45. The van der Waals surface area contributed by atoms with Crippen LogP contribution in [-0.4, -0.2) is 60.9 Å². The predicted molar refractivity (Wildman–Crippen MR) is 174 cm³/mol. The molecular formula is C36H40F3N3O3S. The van der Waals surface area contributed by atoms with E-state index in [2.05, 4.69) is 46.3 Å². The average molecular weight is 652 g/mol. The normalized spacial score (nSPS) is 22.6. The van der Waals surface area contributed by atoms with Crippen molar-refractivity contribution >= 4 is 16.5 Å². The Morgan fingerprint density at radius 2 is 1.24 bits per heavy atom. The second-order valence-corrected chi connectivity index (χ2v) is 13.0. The molecule has 0 amide bonds. The van der Waals surface area contributed by atoms with E-state index in [1.54, 1.807) is 0 Å². The van der Waals surface area contributed by atoms with Crippen LogP contribution in [0, 0.1) is 5.92 Å². The van der Waals surface area contributed by atoms with Crippen molar-refractivity contribution in [3.63, 3.8) is 0 Å². The van der Waals surface area contributed by atoms with Gasteiger partial charge in [0, 0.05) is 38.1 Å². The summed E-state index contributed by atoms with van der Waals surface area (Å²) in [5.41, 5.74) is 2.45. The maximum Gasteiger partial charge on any atom is 0.434 e. The largest absolute Gasteiger partial charge is 0.434 e. The number of likely N-dealkylation sites (tertiary alicyclic amines) is 1. The number of nitrogens with zero attached hydrogens (tertiary/aromatic N) is 3. The minimum absolute atomic E-state index is 0.244. The molecule has 0 spiro atoms. The molecule has 6 rings (SSSR count). The first-order chi connectivity index (χ1) is 22.4. The highest BCUT2D eigenvalue weighted by atomic mass is 32.1. The number of hydrogen-bond donors (Lipinski definition) is 0. The SMILES string of the molecule is FC(F)(F)c1csc(N2CCC[C@@H](CN3C[C@H](OCc4ccccc4)C(OCc4ccccc4)[C@H](OCc4ccccc4)C3)C2)n1. The van der Waals surface area contributed by atoms with Crippen molar-refractivity contribution in [3.05, 3.63) is 119 Å². The van der Waals surface area contributed by atoms with E-state index in [4.69, 9.17) is 14.2 Å². The number of alkyl halides is 3. The summed E-state index contributed by atoms with van der Waals surface area (Å²) in [6, 6.07) is 30.4. The van der Waals surface area contributed by atoms with Gasteiger partial charge >= 0.3 is 6.18 Å². The molecule has 3 heterocycles. The number of hydrogen-bond acceptors (Lipinski definition) is 7. The van der Waals surface area contributed by atoms with Gasteiger partial charge in [-0.3, -0.25) is 4.90 Å². The molecule has 2 aliphatic heterocycles. The first-order valence-corrected chi connectivity index (χ1v) is 16.8. The quantitative estimate of drug-likeness (QED) is 0.159. The summed E-state index contributed by atoms with van der Waals surface area (Å²) < 4.78 is 59.6. The fraction of sp³-hybridized carbons (Fsp3) is 0.417. The lowest BCUT2D eigenvalue weighted by atomic mass is 9.94. The van der Waals surface area contributed by atoms with Crippen molar-refractivity contribution in [1.29, 1.82) is 0 Å². The molecule has 2 fully saturated rings. The van der Waals surface area contributed by atoms with E-state index in [-0.39, 0.29) is 24.2 Å². The summed E-state index contributed by atoms with van der Waals surface area (Å²) in [5, 5.41) is 1.56. The van der Waals surface area contributed by atoms with Gasteiger partial charge in [-0.15, -0.1) is 11.3 Å².